The van der Waals surface area contributed by atoms with Crippen molar-refractivity contribution in [2.24, 2.45) is 11.8 Å². The molecule has 6 heteroatoms. The lowest BCUT2D eigenvalue weighted by atomic mass is 9.76. The number of hydrogen-bond donors (Lipinski definition) is 2. The first-order valence-electron chi connectivity index (χ1n) is 11.8. The third-order valence-corrected chi connectivity index (χ3v) is 5.91. The van der Waals surface area contributed by atoms with Crippen LogP contribution >= 0.6 is 0 Å². The molecule has 0 unspecified atom stereocenters. The Morgan fingerprint density at radius 1 is 1.03 bits per heavy atom. The number of anilines is 3. The molecule has 0 aromatic heterocycles. The Hall–Kier alpha value is -2.86. The van der Waals surface area contributed by atoms with Crippen molar-refractivity contribution in [1.29, 1.82) is 0 Å². The molecular formula is C27H37N3O3. The zero-order valence-electron chi connectivity index (χ0n) is 20.5. The van der Waals surface area contributed by atoms with Crippen LogP contribution in [0.2, 0.25) is 0 Å². The summed E-state index contributed by atoms with van der Waals surface area (Å²) in [6.07, 6.45) is 1.36. The van der Waals surface area contributed by atoms with E-state index in [0.29, 0.717) is 31.5 Å². The molecule has 3 rings (SSSR count). The number of carbonyl (C=O) groups excluding carboxylic acids is 2. The number of urea groups is 1. The molecular weight excluding hydrogens is 414 g/mol. The van der Waals surface area contributed by atoms with Gasteiger partial charge in [0.05, 0.1) is 24.6 Å². The van der Waals surface area contributed by atoms with Gasteiger partial charge < -0.3 is 25.1 Å². The Balaban J connectivity index is 1.94. The first-order valence-corrected chi connectivity index (χ1v) is 11.8. The Morgan fingerprint density at radius 3 is 2.18 bits per heavy atom. The number of aldehydes is 1. The molecule has 178 valence electrons. The van der Waals surface area contributed by atoms with Gasteiger partial charge >= 0.3 is 6.03 Å². The fourth-order valence-corrected chi connectivity index (χ4v) is 4.23. The molecule has 1 saturated heterocycles. The molecule has 2 aromatic carbocycles. The molecule has 1 heterocycles. The Kier molecular flexibility index (Phi) is 8.14. The molecule has 33 heavy (non-hydrogen) atoms. The van der Waals surface area contributed by atoms with E-state index in [1.165, 1.54) is 0 Å². The Bertz CT molecular complexity index is 940. The van der Waals surface area contributed by atoms with Crippen LogP contribution in [0, 0.1) is 18.8 Å². The van der Waals surface area contributed by atoms with Crippen molar-refractivity contribution in [1.82, 2.24) is 0 Å². The molecule has 2 N–H and O–H groups in total. The van der Waals surface area contributed by atoms with Crippen LogP contribution in [0.3, 0.4) is 0 Å². The molecule has 6 nitrogen and oxygen atoms in total. The summed E-state index contributed by atoms with van der Waals surface area (Å²) < 4.78 is 5.47. The highest BCUT2D eigenvalue weighted by molar-refractivity contribution is 6.02. The summed E-state index contributed by atoms with van der Waals surface area (Å²) in [6, 6.07) is 13.6. The standard InChI is InChI=1S/C27H37N3O3/c1-19(2)15-30(16-20(3)4)25-11-8-22(27(12-13-31)17-33-18-27)14-24(25)29-26(32)28-23-9-6-21(5)7-10-23/h6-11,13-14,19-20H,12,15-18H2,1-5H3,(H2,28,29,32). The minimum absolute atomic E-state index is 0.291. The van der Waals surface area contributed by atoms with E-state index in [1.807, 2.05) is 37.3 Å². The second-order valence-electron chi connectivity index (χ2n) is 10.0. The maximum absolute atomic E-state index is 12.9. The summed E-state index contributed by atoms with van der Waals surface area (Å²) in [5.74, 6) is 0.943. The van der Waals surface area contributed by atoms with E-state index in [-0.39, 0.29) is 11.4 Å². The first-order chi connectivity index (χ1) is 15.7. The fourth-order valence-electron chi connectivity index (χ4n) is 4.23. The summed E-state index contributed by atoms with van der Waals surface area (Å²) >= 11 is 0. The van der Waals surface area contributed by atoms with Crippen LogP contribution < -0.4 is 15.5 Å². The highest BCUT2D eigenvalue weighted by Crippen LogP contribution is 2.39. The summed E-state index contributed by atoms with van der Waals surface area (Å²) in [7, 11) is 0. The highest BCUT2D eigenvalue weighted by atomic mass is 16.5. The molecule has 0 bridgehead atoms. The Labute approximate surface area is 197 Å². The maximum atomic E-state index is 12.9. The largest absolute Gasteiger partial charge is 0.379 e. The van der Waals surface area contributed by atoms with Gasteiger partial charge in [-0.25, -0.2) is 4.79 Å². The van der Waals surface area contributed by atoms with E-state index in [0.717, 1.165) is 47.6 Å². The van der Waals surface area contributed by atoms with Crippen molar-refractivity contribution in [3.63, 3.8) is 0 Å². The summed E-state index contributed by atoms with van der Waals surface area (Å²) in [6.45, 7) is 13.6. The van der Waals surface area contributed by atoms with Crippen LogP contribution in [-0.4, -0.2) is 38.6 Å². The third-order valence-electron chi connectivity index (χ3n) is 5.91. The molecule has 2 aromatic rings. The summed E-state index contributed by atoms with van der Waals surface area (Å²) in [5, 5.41) is 6.01. The number of benzene rings is 2. The van der Waals surface area contributed by atoms with Gasteiger partial charge in [-0.1, -0.05) is 51.5 Å². The van der Waals surface area contributed by atoms with Crippen molar-refractivity contribution in [3.05, 3.63) is 53.6 Å². The topological polar surface area (TPSA) is 70.7 Å². The van der Waals surface area contributed by atoms with Crippen LogP contribution in [-0.2, 0) is 14.9 Å². The number of amides is 2. The van der Waals surface area contributed by atoms with Gasteiger partial charge in [0, 0.05) is 30.6 Å². The van der Waals surface area contributed by atoms with Crippen molar-refractivity contribution >= 4 is 29.4 Å². The number of rotatable bonds is 10. The normalized spacial score (nSPS) is 14.6. The van der Waals surface area contributed by atoms with E-state index in [1.54, 1.807) is 0 Å². The van der Waals surface area contributed by atoms with E-state index in [4.69, 9.17) is 4.74 Å². The molecule has 0 spiro atoms. The number of ether oxygens (including phenoxy) is 1. The summed E-state index contributed by atoms with van der Waals surface area (Å²) in [5.41, 5.74) is 4.31. The molecule has 2 amide bonds. The van der Waals surface area contributed by atoms with Gasteiger partial charge in [-0.15, -0.1) is 0 Å². The van der Waals surface area contributed by atoms with Crippen molar-refractivity contribution in [3.8, 4) is 0 Å². The second-order valence-corrected chi connectivity index (χ2v) is 10.0. The minimum Gasteiger partial charge on any atom is -0.379 e. The zero-order valence-corrected chi connectivity index (χ0v) is 20.5. The predicted octanol–water partition coefficient (Wildman–Crippen LogP) is 5.61. The second kappa shape index (κ2) is 10.8. The highest BCUT2D eigenvalue weighted by Gasteiger charge is 2.40. The van der Waals surface area contributed by atoms with Gasteiger partial charge in [0.15, 0.2) is 0 Å². The number of aryl methyl sites for hydroxylation is 1. The van der Waals surface area contributed by atoms with E-state index >= 15 is 0 Å². The molecule has 1 fully saturated rings. The number of hydrogen-bond acceptors (Lipinski definition) is 4. The number of carbonyl (C=O) groups is 2. The van der Waals surface area contributed by atoms with Gasteiger partial charge in [-0.2, -0.15) is 0 Å². The van der Waals surface area contributed by atoms with E-state index in [2.05, 4.69) is 55.4 Å². The zero-order chi connectivity index (χ0) is 24.0. The molecule has 0 saturated carbocycles. The smallest absolute Gasteiger partial charge is 0.323 e. The first kappa shape index (κ1) is 24.8. The lowest BCUT2D eigenvalue weighted by molar-refractivity contribution is -0.116. The van der Waals surface area contributed by atoms with Gasteiger partial charge in [-0.05, 0) is 48.6 Å². The fraction of sp³-hybridized carbons (Fsp3) is 0.481. The molecule has 0 radical (unpaired) electrons. The SMILES string of the molecule is Cc1ccc(NC(=O)Nc2cc(C3(CC=O)COC3)ccc2N(CC(C)C)CC(C)C)cc1. The molecule has 1 aliphatic heterocycles. The van der Waals surface area contributed by atoms with Gasteiger partial charge in [-0.3, -0.25) is 0 Å². The lowest BCUT2D eigenvalue weighted by Crippen LogP contribution is -2.47. The van der Waals surface area contributed by atoms with Crippen LogP contribution in [0.25, 0.3) is 0 Å². The van der Waals surface area contributed by atoms with Gasteiger partial charge in [0.2, 0.25) is 0 Å². The summed E-state index contributed by atoms with van der Waals surface area (Å²) in [4.78, 5) is 26.6. The molecule has 1 aliphatic rings. The monoisotopic (exact) mass is 451 g/mol. The Morgan fingerprint density at radius 2 is 1.67 bits per heavy atom. The average molecular weight is 452 g/mol. The number of nitrogens with one attached hydrogen (secondary N) is 2. The third kappa shape index (κ3) is 6.35. The van der Waals surface area contributed by atoms with Gasteiger partial charge in [0.1, 0.15) is 6.29 Å². The van der Waals surface area contributed by atoms with Crippen LogP contribution in [0.1, 0.15) is 45.2 Å². The van der Waals surface area contributed by atoms with Gasteiger partial charge in [0.25, 0.3) is 0 Å². The quantitative estimate of drug-likeness (QED) is 0.460. The van der Waals surface area contributed by atoms with Crippen molar-refractivity contribution in [2.45, 2.75) is 46.5 Å². The van der Waals surface area contributed by atoms with E-state index in [9.17, 15) is 9.59 Å². The van der Waals surface area contributed by atoms with Crippen LogP contribution in [0.5, 0.6) is 0 Å². The van der Waals surface area contributed by atoms with Crippen molar-refractivity contribution in [2.75, 3.05) is 41.8 Å². The lowest BCUT2D eigenvalue weighted by Gasteiger charge is -2.41. The van der Waals surface area contributed by atoms with E-state index < -0.39 is 0 Å². The van der Waals surface area contributed by atoms with Crippen LogP contribution in [0.15, 0.2) is 42.5 Å². The molecule has 0 atom stereocenters. The number of nitrogens with zero attached hydrogens (tertiary/aromatic N) is 1. The maximum Gasteiger partial charge on any atom is 0.323 e. The molecule has 0 aliphatic carbocycles. The predicted molar refractivity (Wildman–Crippen MR) is 135 cm³/mol. The van der Waals surface area contributed by atoms with Crippen molar-refractivity contribution < 1.29 is 14.3 Å². The average Bonchev–Trinajstić information content (AvgIpc) is 2.71. The minimum atomic E-state index is -0.314. The van der Waals surface area contributed by atoms with Crippen LogP contribution in [0.4, 0.5) is 21.9 Å².